The van der Waals surface area contributed by atoms with Gasteiger partial charge in [0, 0.05) is 17.8 Å². The average Bonchev–Trinajstić information content (AvgIpc) is 2.73. The Morgan fingerprint density at radius 2 is 1.75 bits per heavy atom. The molecule has 3 aromatic carbocycles. The van der Waals surface area contributed by atoms with Crippen molar-refractivity contribution in [2.45, 2.75) is 19.9 Å². The molecular formula is C23H23FN2O2. The molecule has 0 fully saturated rings. The van der Waals surface area contributed by atoms with Crippen LogP contribution < -0.4 is 10.6 Å². The third-order valence-corrected chi connectivity index (χ3v) is 4.19. The number of halogens is 1. The van der Waals surface area contributed by atoms with Crippen LogP contribution in [0.4, 0.5) is 20.6 Å². The quantitative estimate of drug-likeness (QED) is 0.525. The molecule has 0 heterocycles. The van der Waals surface area contributed by atoms with Crippen LogP contribution >= 0.6 is 0 Å². The van der Waals surface area contributed by atoms with Gasteiger partial charge in [-0.05, 0) is 47.9 Å². The molecule has 0 spiro atoms. The van der Waals surface area contributed by atoms with Crippen molar-refractivity contribution < 1.29 is 13.9 Å². The molecule has 4 nitrogen and oxygen atoms in total. The van der Waals surface area contributed by atoms with E-state index in [1.54, 1.807) is 12.1 Å². The van der Waals surface area contributed by atoms with Crippen molar-refractivity contribution in [1.29, 1.82) is 0 Å². The maximum Gasteiger partial charge on any atom is 0.411 e. The first kappa shape index (κ1) is 19.4. The molecule has 2 N–H and O–H groups in total. The van der Waals surface area contributed by atoms with Crippen LogP contribution in [-0.2, 0) is 11.3 Å². The van der Waals surface area contributed by atoms with Gasteiger partial charge in [-0.1, -0.05) is 49.4 Å². The maximum atomic E-state index is 13.1. The molecule has 1 amide bonds. The smallest absolute Gasteiger partial charge is 0.411 e. The molecule has 0 bridgehead atoms. The number of rotatable bonds is 7. The number of nitrogens with one attached hydrogen (secondary N) is 2. The number of anilines is 2. The summed E-state index contributed by atoms with van der Waals surface area (Å²) in [6.07, 6.45) is 0.302. The van der Waals surface area contributed by atoms with Crippen molar-refractivity contribution in [3.63, 3.8) is 0 Å². The summed E-state index contributed by atoms with van der Waals surface area (Å²) in [7, 11) is 0. The lowest BCUT2D eigenvalue weighted by Crippen LogP contribution is -2.14. The molecule has 0 aromatic heterocycles. The maximum absolute atomic E-state index is 13.1. The van der Waals surface area contributed by atoms with Gasteiger partial charge in [0.25, 0.3) is 0 Å². The molecule has 3 rings (SSSR count). The highest BCUT2D eigenvalue weighted by atomic mass is 19.1. The highest BCUT2D eigenvalue weighted by Gasteiger charge is 2.10. The van der Waals surface area contributed by atoms with Gasteiger partial charge in [0.15, 0.2) is 0 Å². The first-order valence-electron chi connectivity index (χ1n) is 9.27. The Bertz CT molecular complexity index is 912. The van der Waals surface area contributed by atoms with E-state index < -0.39 is 6.09 Å². The molecule has 28 heavy (non-hydrogen) atoms. The Morgan fingerprint density at radius 1 is 1.00 bits per heavy atom. The van der Waals surface area contributed by atoms with E-state index in [1.165, 1.54) is 12.1 Å². The molecule has 0 aliphatic carbocycles. The van der Waals surface area contributed by atoms with Gasteiger partial charge >= 0.3 is 6.09 Å². The SMILES string of the molecule is CCCOC(=O)Nc1ccc(NCc2ccc(F)cc2)cc1-c1ccccc1. The van der Waals surface area contributed by atoms with Crippen molar-refractivity contribution in [1.82, 2.24) is 0 Å². The summed E-state index contributed by atoms with van der Waals surface area (Å²) in [5.41, 5.74) is 4.43. The van der Waals surface area contributed by atoms with Gasteiger partial charge in [-0.25, -0.2) is 9.18 Å². The Hall–Kier alpha value is -3.34. The molecule has 0 atom stereocenters. The van der Waals surface area contributed by atoms with Gasteiger partial charge in [-0.2, -0.15) is 0 Å². The number of carbonyl (C=O) groups is 1. The van der Waals surface area contributed by atoms with E-state index in [4.69, 9.17) is 4.74 Å². The monoisotopic (exact) mass is 378 g/mol. The fourth-order valence-electron chi connectivity index (χ4n) is 2.77. The first-order valence-corrected chi connectivity index (χ1v) is 9.27. The van der Waals surface area contributed by atoms with Gasteiger partial charge in [0.1, 0.15) is 5.82 Å². The summed E-state index contributed by atoms with van der Waals surface area (Å²) in [5, 5.41) is 6.16. The molecule has 0 saturated carbocycles. The van der Waals surface area contributed by atoms with E-state index in [9.17, 15) is 9.18 Å². The van der Waals surface area contributed by atoms with E-state index in [-0.39, 0.29) is 5.82 Å². The molecule has 0 unspecified atom stereocenters. The van der Waals surface area contributed by atoms with Crippen molar-refractivity contribution in [3.8, 4) is 11.1 Å². The minimum atomic E-state index is -0.467. The summed E-state index contributed by atoms with van der Waals surface area (Å²) < 4.78 is 18.2. The van der Waals surface area contributed by atoms with E-state index in [0.29, 0.717) is 18.8 Å². The third kappa shape index (κ3) is 5.33. The number of amides is 1. The van der Waals surface area contributed by atoms with Crippen LogP contribution in [0.25, 0.3) is 11.1 Å². The number of hydrogen-bond donors (Lipinski definition) is 2. The molecule has 0 aliphatic rings. The zero-order valence-corrected chi connectivity index (χ0v) is 15.7. The molecule has 0 radical (unpaired) electrons. The third-order valence-electron chi connectivity index (χ3n) is 4.19. The lowest BCUT2D eigenvalue weighted by molar-refractivity contribution is 0.161. The molecule has 5 heteroatoms. The van der Waals surface area contributed by atoms with Crippen molar-refractivity contribution in [3.05, 3.63) is 84.2 Å². The highest BCUT2D eigenvalue weighted by Crippen LogP contribution is 2.31. The highest BCUT2D eigenvalue weighted by molar-refractivity contribution is 5.92. The fourth-order valence-corrected chi connectivity index (χ4v) is 2.77. The van der Waals surface area contributed by atoms with Gasteiger partial charge in [-0.15, -0.1) is 0 Å². The Morgan fingerprint density at radius 3 is 2.46 bits per heavy atom. The lowest BCUT2D eigenvalue weighted by atomic mass is 10.0. The molecule has 0 saturated heterocycles. The molecule has 0 aliphatic heterocycles. The fraction of sp³-hybridized carbons (Fsp3) is 0.174. The predicted molar refractivity (Wildman–Crippen MR) is 111 cm³/mol. The average molecular weight is 378 g/mol. The second-order valence-electron chi connectivity index (χ2n) is 6.37. The minimum absolute atomic E-state index is 0.250. The zero-order valence-electron chi connectivity index (χ0n) is 15.7. The van der Waals surface area contributed by atoms with Crippen LogP contribution in [0.1, 0.15) is 18.9 Å². The summed E-state index contributed by atoms with van der Waals surface area (Å²) in [5.74, 6) is -0.250. The summed E-state index contributed by atoms with van der Waals surface area (Å²) in [4.78, 5) is 12.0. The van der Waals surface area contributed by atoms with E-state index in [0.717, 1.165) is 28.8 Å². The van der Waals surface area contributed by atoms with Crippen LogP contribution in [0.15, 0.2) is 72.8 Å². The zero-order chi connectivity index (χ0) is 19.8. The summed E-state index contributed by atoms with van der Waals surface area (Å²) >= 11 is 0. The second-order valence-corrected chi connectivity index (χ2v) is 6.37. The lowest BCUT2D eigenvalue weighted by Gasteiger charge is -2.14. The van der Waals surface area contributed by atoms with Gasteiger partial charge < -0.3 is 10.1 Å². The summed E-state index contributed by atoms with van der Waals surface area (Å²) in [6.45, 7) is 2.90. The standard InChI is InChI=1S/C23H23FN2O2/c1-2-14-28-23(27)26-22-13-12-20(15-21(22)18-6-4-3-5-7-18)25-16-17-8-10-19(24)11-9-17/h3-13,15,25H,2,14,16H2,1H3,(H,26,27). The molecule has 144 valence electrons. The van der Waals surface area contributed by atoms with Crippen molar-refractivity contribution in [2.75, 3.05) is 17.2 Å². The Balaban J connectivity index is 1.81. The Kier molecular flexibility index (Phi) is 6.63. The van der Waals surface area contributed by atoms with Crippen LogP contribution in [0.2, 0.25) is 0 Å². The second kappa shape index (κ2) is 9.55. The van der Waals surface area contributed by atoms with Crippen LogP contribution in [-0.4, -0.2) is 12.7 Å². The number of hydrogen-bond acceptors (Lipinski definition) is 3. The van der Waals surface area contributed by atoms with Gasteiger partial charge in [-0.3, -0.25) is 5.32 Å². The normalized spacial score (nSPS) is 10.4. The molecular weight excluding hydrogens is 355 g/mol. The topological polar surface area (TPSA) is 50.4 Å². The minimum Gasteiger partial charge on any atom is -0.449 e. The number of benzene rings is 3. The molecule has 3 aromatic rings. The largest absolute Gasteiger partial charge is 0.449 e. The first-order chi connectivity index (χ1) is 13.7. The Labute approximate surface area is 164 Å². The van der Waals surface area contributed by atoms with Crippen LogP contribution in [0, 0.1) is 5.82 Å². The van der Waals surface area contributed by atoms with Crippen LogP contribution in [0.3, 0.4) is 0 Å². The van der Waals surface area contributed by atoms with Crippen LogP contribution in [0.5, 0.6) is 0 Å². The van der Waals surface area contributed by atoms with Gasteiger partial charge in [0.05, 0.1) is 12.3 Å². The predicted octanol–water partition coefficient (Wildman–Crippen LogP) is 6.06. The van der Waals surface area contributed by atoms with Gasteiger partial charge in [0.2, 0.25) is 0 Å². The van der Waals surface area contributed by atoms with E-state index in [1.807, 2.05) is 55.5 Å². The van der Waals surface area contributed by atoms with Crippen molar-refractivity contribution >= 4 is 17.5 Å². The van der Waals surface area contributed by atoms with Crippen molar-refractivity contribution in [2.24, 2.45) is 0 Å². The number of ether oxygens (including phenoxy) is 1. The van der Waals surface area contributed by atoms with E-state index >= 15 is 0 Å². The number of carbonyl (C=O) groups excluding carboxylic acids is 1. The van der Waals surface area contributed by atoms with E-state index in [2.05, 4.69) is 10.6 Å². The summed E-state index contributed by atoms with van der Waals surface area (Å²) in [6, 6.07) is 21.9.